The minimum absolute atomic E-state index is 0.00998. The van der Waals surface area contributed by atoms with E-state index in [4.69, 9.17) is 4.42 Å². The Morgan fingerprint density at radius 1 is 1.17 bits per heavy atom. The van der Waals surface area contributed by atoms with Gasteiger partial charge in [-0.2, -0.15) is 0 Å². The van der Waals surface area contributed by atoms with Gasteiger partial charge in [0, 0.05) is 25.1 Å². The fourth-order valence-electron chi connectivity index (χ4n) is 2.31. The molecule has 0 fully saturated rings. The zero-order valence-corrected chi connectivity index (χ0v) is 13.5. The quantitative estimate of drug-likeness (QED) is 0.825. The number of carbonyl (C=O) groups is 2. The summed E-state index contributed by atoms with van der Waals surface area (Å²) in [7, 11) is 0. The smallest absolute Gasteiger partial charge is 0.224 e. The highest BCUT2D eigenvalue weighted by Gasteiger charge is 2.09. The van der Waals surface area contributed by atoms with Gasteiger partial charge in [0.05, 0.1) is 12.7 Å². The molecule has 0 aliphatic heterocycles. The van der Waals surface area contributed by atoms with Crippen LogP contribution in [-0.4, -0.2) is 17.9 Å². The van der Waals surface area contributed by atoms with Crippen molar-refractivity contribution < 1.29 is 14.0 Å². The molecule has 1 aromatic heterocycles. The summed E-state index contributed by atoms with van der Waals surface area (Å²) < 4.78 is 5.28. The van der Waals surface area contributed by atoms with Crippen molar-refractivity contribution in [3.63, 3.8) is 0 Å². The Balaban J connectivity index is 1.76. The molecule has 0 saturated carbocycles. The van der Waals surface area contributed by atoms with Crippen LogP contribution in [-0.2, 0) is 22.4 Å². The van der Waals surface area contributed by atoms with E-state index in [-0.39, 0.29) is 17.9 Å². The molecule has 5 nitrogen and oxygen atoms in total. The summed E-state index contributed by atoms with van der Waals surface area (Å²) in [6.45, 7) is 3.45. The lowest BCUT2D eigenvalue weighted by molar-refractivity contribution is -0.121. The number of furan rings is 1. The Bertz CT molecular complexity index is 633. The summed E-state index contributed by atoms with van der Waals surface area (Å²) in [5.74, 6) is 0.810. The lowest BCUT2D eigenvalue weighted by atomic mass is 10.1. The first-order chi connectivity index (χ1) is 11.0. The highest BCUT2D eigenvalue weighted by atomic mass is 16.3. The maximum Gasteiger partial charge on any atom is 0.224 e. The Morgan fingerprint density at radius 2 is 1.91 bits per heavy atom. The molecule has 5 heteroatoms. The van der Waals surface area contributed by atoms with E-state index in [1.807, 2.05) is 31.2 Å². The zero-order valence-electron chi connectivity index (χ0n) is 13.5. The molecular weight excluding hydrogens is 292 g/mol. The number of rotatable bonds is 7. The minimum Gasteiger partial charge on any atom is -0.469 e. The molecular formula is C18H22N2O3. The average molecular weight is 314 g/mol. The number of amides is 2. The molecule has 0 spiro atoms. The van der Waals surface area contributed by atoms with E-state index in [0.29, 0.717) is 6.42 Å². The van der Waals surface area contributed by atoms with Gasteiger partial charge >= 0.3 is 0 Å². The Labute approximate surface area is 136 Å². The third kappa shape index (κ3) is 5.98. The van der Waals surface area contributed by atoms with Crippen LogP contribution in [0.1, 0.15) is 31.6 Å². The van der Waals surface area contributed by atoms with Crippen molar-refractivity contribution in [2.45, 2.75) is 39.2 Å². The van der Waals surface area contributed by atoms with Crippen molar-refractivity contribution in [1.82, 2.24) is 5.32 Å². The molecule has 0 radical (unpaired) electrons. The van der Waals surface area contributed by atoms with Crippen LogP contribution in [0.25, 0.3) is 0 Å². The average Bonchev–Trinajstić information content (AvgIpc) is 3.00. The lowest BCUT2D eigenvalue weighted by Gasteiger charge is -2.13. The number of hydrogen-bond donors (Lipinski definition) is 2. The molecule has 1 atom stereocenters. The Kier molecular flexibility index (Phi) is 5.97. The normalized spacial score (nSPS) is 11.7. The van der Waals surface area contributed by atoms with E-state index in [2.05, 4.69) is 10.6 Å². The van der Waals surface area contributed by atoms with Gasteiger partial charge in [0.15, 0.2) is 0 Å². The summed E-state index contributed by atoms with van der Waals surface area (Å²) >= 11 is 0. The van der Waals surface area contributed by atoms with Crippen LogP contribution in [0.2, 0.25) is 0 Å². The summed E-state index contributed by atoms with van der Waals surface area (Å²) in [5.41, 5.74) is 1.64. The lowest BCUT2D eigenvalue weighted by Crippen LogP contribution is -2.34. The second-order valence-electron chi connectivity index (χ2n) is 5.64. The SMILES string of the molecule is CC(=O)Nc1ccc(CC(=O)NC(C)CCc2ccco2)cc1. The third-order valence-electron chi connectivity index (χ3n) is 3.45. The molecule has 2 N–H and O–H groups in total. The highest BCUT2D eigenvalue weighted by molar-refractivity contribution is 5.88. The van der Waals surface area contributed by atoms with Gasteiger partial charge in [-0.25, -0.2) is 0 Å². The van der Waals surface area contributed by atoms with Crippen LogP contribution in [0.5, 0.6) is 0 Å². The second kappa shape index (κ2) is 8.17. The molecule has 2 amide bonds. The van der Waals surface area contributed by atoms with E-state index in [1.54, 1.807) is 18.4 Å². The van der Waals surface area contributed by atoms with Crippen LogP contribution < -0.4 is 10.6 Å². The topological polar surface area (TPSA) is 71.3 Å². The van der Waals surface area contributed by atoms with E-state index < -0.39 is 0 Å². The second-order valence-corrected chi connectivity index (χ2v) is 5.64. The van der Waals surface area contributed by atoms with Crippen molar-refractivity contribution in [3.8, 4) is 0 Å². The first-order valence-corrected chi connectivity index (χ1v) is 7.71. The van der Waals surface area contributed by atoms with Gasteiger partial charge in [-0.3, -0.25) is 9.59 Å². The van der Waals surface area contributed by atoms with Crippen molar-refractivity contribution in [2.75, 3.05) is 5.32 Å². The van der Waals surface area contributed by atoms with Gasteiger partial charge in [0.1, 0.15) is 5.76 Å². The predicted molar refractivity (Wildman–Crippen MR) is 89.1 cm³/mol. The van der Waals surface area contributed by atoms with Gasteiger partial charge in [0.2, 0.25) is 11.8 Å². The largest absolute Gasteiger partial charge is 0.469 e. The van der Waals surface area contributed by atoms with Crippen LogP contribution >= 0.6 is 0 Å². The molecule has 1 aromatic carbocycles. The van der Waals surface area contributed by atoms with Gasteiger partial charge in [-0.15, -0.1) is 0 Å². The van der Waals surface area contributed by atoms with Gasteiger partial charge < -0.3 is 15.1 Å². The van der Waals surface area contributed by atoms with Crippen molar-refractivity contribution in [1.29, 1.82) is 0 Å². The monoisotopic (exact) mass is 314 g/mol. The molecule has 23 heavy (non-hydrogen) atoms. The maximum absolute atomic E-state index is 12.0. The Morgan fingerprint density at radius 3 is 2.52 bits per heavy atom. The number of nitrogens with one attached hydrogen (secondary N) is 2. The number of aryl methyl sites for hydroxylation is 1. The molecule has 122 valence electrons. The predicted octanol–water partition coefficient (Wildman–Crippen LogP) is 2.92. The Hall–Kier alpha value is -2.56. The van der Waals surface area contributed by atoms with Crippen LogP contribution in [0.3, 0.4) is 0 Å². The van der Waals surface area contributed by atoms with Gasteiger partial charge in [-0.05, 0) is 43.2 Å². The molecule has 1 heterocycles. The van der Waals surface area contributed by atoms with Crippen molar-refractivity contribution in [2.24, 2.45) is 0 Å². The number of benzene rings is 1. The summed E-state index contributed by atoms with van der Waals surface area (Å²) in [4.78, 5) is 23.0. The first-order valence-electron chi connectivity index (χ1n) is 7.71. The number of anilines is 1. The fraction of sp³-hybridized carbons (Fsp3) is 0.333. The van der Waals surface area contributed by atoms with Crippen LogP contribution in [0.15, 0.2) is 47.1 Å². The number of carbonyl (C=O) groups excluding carboxylic acids is 2. The van der Waals surface area contributed by atoms with E-state index in [0.717, 1.165) is 29.9 Å². The zero-order chi connectivity index (χ0) is 16.7. The molecule has 2 aromatic rings. The van der Waals surface area contributed by atoms with Gasteiger partial charge in [-0.1, -0.05) is 12.1 Å². The first kappa shape index (κ1) is 16.8. The standard InChI is InChI=1S/C18H22N2O3/c1-13(5-10-17-4-3-11-23-17)19-18(22)12-15-6-8-16(9-7-15)20-14(2)21/h3-4,6-9,11,13H,5,10,12H2,1-2H3,(H,19,22)(H,20,21). The van der Waals surface area contributed by atoms with Crippen molar-refractivity contribution in [3.05, 3.63) is 54.0 Å². The summed E-state index contributed by atoms with van der Waals surface area (Å²) in [6, 6.07) is 11.2. The molecule has 0 aliphatic carbocycles. The molecule has 2 rings (SSSR count). The summed E-state index contributed by atoms with van der Waals surface area (Å²) in [6.07, 6.45) is 3.62. The fourth-order valence-corrected chi connectivity index (χ4v) is 2.31. The molecule has 0 aliphatic rings. The van der Waals surface area contributed by atoms with Crippen LogP contribution in [0, 0.1) is 0 Å². The van der Waals surface area contributed by atoms with Gasteiger partial charge in [0.25, 0.3) is 0 Å². The maximum atomic E-state index is 12.0. The van der Waals surface area contributed by atoms with E-state index in [1.165, 1.54) is 6.92 Å². The van der Waals surface area contributed by atoms with E-state index in [9.17, 15) is 9.59 Å². The molecule has 1 unspecified atom stereocenters. The number of hydrogen-bond acceptors (Lipinski definition) is 3. The van der Waals surface area contributed by atoms with Crippen LogP contribution in [0.4, 0.5) is 5.69 Å². The summed E-state index contributed by atoms with van der Waals surface area (Å²) in [5, 5.41) is 5.69. The van der Waals surface area contributed by atoms with Crippen molar-refractivity contribution >= 4 is 17.5 Å². The third-order valence-corrected chi connectivity index (χ3v) is 3.45. The van der Waals surface area contributed by atoms with E-state index >= 15 is 0 Å². The molecule has 0 bridgehead atoms. The highest BCUT2D eigenvalue weighted by Crippen LogP contribution is 2.10. The molecule has 0 saturated heterocycles. The minimum atomic E-state index is -0.110.